The van der Waals surface area contributed by atoms with Crippen LogP contribution in [-0.2, 0) is 14.8 Å². The molecule has 0 spiro atoms. The standard InChI is InChI=1S/C20H22F3N3O4S/c1-30-18-9-16(22)15(21)7-14(18)13-8-19(24-10-17(13)23)25-20(27)11-4-3-5-12(6-11)26-31(2,28)29/h7-12,26H,3-6H2,1-2H3,(H,24,25,27)/t11-,12+/m0/s1. The second-order valence-corrected chi connectivity index (χ2v) is 9.24. The second-order valence-electron chi connectivity index (χ2n) is 7.46. The van der Waals surface area contributed by atoms with Crippen LogP contribution in [-0.4, -0.2) is 38.7 Å². The maximum absolute atomic E-state index is 14.4. The Morgan fingerprint density at radius 1 is 1.10 bits per heavy atom. The first kappa shape index (κ1) is 23.0. The Kier molecular flexibility index (Phi) is 6.85. The first-order chi connectivity index (χ1) is 14.6. The minimum absolute atomic E-state index is 0.0198. The van der Waals surface area contributed by atoms with E-state index < -0.39 is 33.4 Å². The maximum Gasteiger partial charge on any atom is 0.228 e. The highest BCUT2D eigenvalue weighted by atomic mass is 32.2. The molecule has 1 saturated carbocycles. The highest BCUT2D eigenvalue weighted by Crippen LogP contribution is 2.35. The van der Waals surface area contributed by atoms with Crippen molar-refractivity contribution in [2.75, 3.05) is 18.7 Å². The van der Waals surface area contributed by atoms with Gasteiger partial charge in [0.2, 0.25) is 15.9 Å². The fourth-order valence-electron chi connectivity index (χ4n) is 3.69. The molecule has 0 bridgehead atoms. The van der Waals surface area contributed by atoms with Crippen molar-refractivity contribution in [3.8, 4) is 16.9 Å². The lowest BCUT2D eigenvalue weighted by atomic mass is 9.85. The summed E-state index contributed by atoms with van der Waals surface area (Å²) < 4.78 is 72.1. The molecule has 31 heavy (non-hydrogen) atoms. The monoisotopic (exact) mass is 457 g/mol. The lowest BCUT2D eigenvalue weighted by Gasteiger charge is -2.28. The Morgan fingerprint density at radius 2 is 1.81 bits per heavy atom. The van der Waals surface area contributed by atoms with Gasteiger partial charge in [-0.3, -0.25) is 4.79 Å². The van der Waals surface area contributed by atoms with Gasteiger partial charge in [0.15, 0.2) is 11.6 Å². The van der Waals surface area contributed by atoms with Crippen LogP contribution in [0, 0.1) is 23.4 Å². The number of sulfonamides is 1. The second kappa shape index (κ2) is 9.23. The summed E-state index contributed by atoms with van der Waals surface area (Å²) in [6.07, 6.45) is 4.11. The number of halogens is 3. The molecule has 11 heteroatoms. The molecule has 1 heterocycles. The van der Waals surface area contributed by atoms with Crippen LogP contribution in [0.1, 0.15) is 25.7 Å². The number of aromatic nitrogens is 1. The predicted molar refractivity (Wildman–Crippen MR) is 108 cm³/mol. The zero-order chi connectivity index (χ0) is 22.8. The fourth-order valence-corrected chi connectivity index (χ4v) is 4.51. The van der Waals surface area contributed by atoms with Crippen LogP contribution in [0.25, 0.3) is 11.1 Å². The Bertz CT molecular complexity index is 1100. The summed E-state index contributed by atoms with van der Waals surface area (Å²) in [5, 5.41) is 2.59. The number of anilines is 1. The van der Waals surface area contributed by atoms with Crippen LogP contribution in [0.4, 0.5) is 19.0 Å². The van der Waals surface area contributed by atoms with E-state index in [1.54, 1.807) is 0 Å². The molecule has 0 saturated heterocycles. The zero-order valence-corrected chi connectivity index (χ0v) is 17.7. The van der Waals surface area contributed by atoms with Gasteiger partial charge in [0.05, 0.1) is 19.6 Å². The lowest BCUT2D eigenvalue weighted by molar-refractivity contribution is -0.121. The van der Waals surface area contributed by atoms with Crippen molar-refractivity contribution < 1.29 is 31.1 Å². The molecule has 1 aliphatic rings. The van der Waals surface area contributed by atoms with Crippen LogP contribution in [0.2, 0.25) is 0 Å². The Labute approximate surface area is 178 Å². The predicted octanol–water partition coefficient (Wildman–Crippen LogP) is 3.22. The van der Waals surface area contributed by atoms with E-state index >= 15 is 0 Å². The van der Waals surface area contributed by atoms with Gasteiger partial charge in [-0.05, 0) is 31.4 Å². The van der Waals surface area contributed by atoms with Gasteiger partial charge in [0.25, 0.3) is 0 Å². The van der Waals surface area contributed by atoms with E-state index in [1.165, 1.54) is 13.2 Å². The van der Waals surface area contributed by atoms with Crippen molar-refractivity contribution in [1.29, 1.82) is 0 Å². The zero-order valence-electron chi connectivity index (χ0n) is 16.9. The summed E-state index contributed by atoms with van der Waals surface area (Å²) in [7, 11) is -2.15. The summed E-state index contributed by atoms with van der Waals surface area (Å²) >= 11 is 0. The molecule has 1 amide bonds. The molecule has 168 valence electrons. The molecule has 3 rings (SSSR count). The third kappa shape index (κ3) is 5.73. The number of ether oxygens (including phenoxy) is 1. The Hall–Kier alpha value is -2.66. The Balaban J connectivity index is 1.81. The number of methoxy groups -OCH3 is 1. The first-order valence-electron chi connectivity index (χ1n) is 9.54. The molecule has 1 fully saturated rings. The number of nitrogens with zero attached hydrogens (tertiary/aromatic N) is 1. The quantitative estimate of drug-likeness (QED) is 0.694. The number of rotatable bonds is 6. The summed E-state index contributed by atoms with van der Waals surface area (Å²) in [5.41, 5.74) is -0.159. The highest BCUT2D eigenvalue weighted by Gasteiger charge is 2.29. The molecule has 2 N–H and O–H groups in total. The number of pyridine rings is 1. The largest absolute Gasteiger partial charge is 0.496 e. The van der Waals surface area contributed by atoms with Crippen LogP contribution in [0.5, 0.6) is 5.75 Å². The molecule has 1 aromatic carbocycles. The van der Waals surface area contributed by atoms with Crippen LogP contribution in [0.3, 0.4) is 0 Å². The SMILES string of the molecule is COc1cc(F)c(F)cc1-c1cc(NC(=O)[C@H]2CCC[C@@H](NS(C)(=O)=O)C2)ncc1F. The summed E-state index contributed by atoms with van der Waals surface area (Å²) in [5.74, 6) is -4.03. The van der Waals surface area contributed by atoms with Gasteiger partial charge in [0.1, 0.15) is 17.4 Å². The van der Waals surface area contributed by atoms with Crippen molar-refractivity contribution in [2.45, 2.75) is 31.7 Å². The molecule has 0 radical (unpaired) electrons. The molecule has 1 aliphatic carbocycles. The minimum atomic E-state index is -3.39. The van der Waals surface area contributed by atoms with E-state index in [0.717, 1.165) is 24.6 Å². The molecule has 2 atom stereocenters. The average molecular weight is 457 g/mol. The van der Waals surface area contributed by atoms with E-state index in [2.05, 4.69) is 15.0 Å². The normalized spacial score (nSPS) is 19.1. The van der Waals surface area contributed by atoms with Crippen molar-refractivity contribution in [3.05, 3.63) is 41.8 Å². The minimum Gasteiger partial charge on any atom is -0.496 e. The van der Waals surface area contributed by atoms with Crippen LogP contribution < -0.4 is 14.8 Å². The molecule has 0 unspecified atom stereocenters. The number of benzene rings is 1. The molecular weight excluding hydrogens is 435 g/mol. The number of nitrogens with one attached hydrogen (secondary N) is 2. The summed E-state index contributed by atoms with van der Waals surface area (Å²) in [6, 6.07) is 2.47. The maximum atomic E-state index is 14.4. The number of carbonyl (C=O) groups excluding carboxylic acids is 1. The molecule has 1 aromatic heterocycles. The molecule has 2 aromatic rings. The molecular formula is C20H22F3N3O4S. The molecule has 7 nitrogen and oxygen atoms in total. The van der Waals surface area contributed by atoms with Crippen molar-refractivity contribution >= 4 is 21.7 Å². The fraction of sp³-hybridized carbons (Fsp3) is 0.400. The van der Waals surface area contributed by atoms with E-state index in [0.29, 0.717) is 25.7 Å². The van der Waals surface area contributed by atoms with Gasteiger partial charge in [-0.25, -0.2) is 31.3 Å². The van der Waals surface area contributed by atoms with Crippen LogP contribution >= 0.6 is 0 Å². The van der Waals surface area contributed by atoms with Crippen molar-refractivity contribution in [3.63, 3.8) is 0 Å². The van der Waals surface area contributed by atoms with Gasteiger partial charge in [-0.2, -0.15) is 0 Å². The van der Waals surface area contributed by atoms with E-state index in [9.17, 15) is 26.4 Å². The third-order valence-corrected chi connectivity index (χ3v) is 5.83. The summed E-state index contributed by atoms with van der Waals surface area (Å²) in [4.78, 5) is 16.5. The lowest BCUT2D eigenvalue weighted by Crippen LogP contribution is -2.40. The number of carbonyl (C=O) groups is 1. The van der Waals surface area contributed by atoms with Crippen LogP contribution in [0.15, 0.2) is 24.4 Å². The molecule has 0 aliphatic heterocycles. The van der Waals surface area contributed by atoms with Crippen molar-refractivity contribution in [1.82, 2.24) is 9.71 Å². The van der Waals surface area contributed by atoms with E-state index in [-0.39, 0.29) is 34.6 Å². The topological polar surface area (TPSA) is 97.4 Å². The van der Waals surface area contributed by atoms with Gasteiger partial charge in [-0.15, -0.1) is 0 Å². The van der Waals surface area contributed by atoms with Crippen molar-refractivity contribution in [2.24, 2.45) is 5.92 Å². The van der Waals surface area contributed by atoms with Gasteiger partial charge >= 0.3 is 0 Å². The van der Waals surface area contributed by atoms with E-state index in [1.807, 2.05) is 0 Å². The average Bonchev–Trinajstić information content (AvgIpc) is 2.70. The van der Waals surface area contributed by atoms with E-state index in [4.69, 9.17) is 4.74 Å². The van der Waals surface area contributed by atoms with Gasteiger partial charge in [0, 0.05) is 29.2 Å². The smallest absolute Gasteiger partial charge is 0.228 e. The number of hydrogen-bond acceptors (Lipinski definition) is 5. The van der Waals surface area contributed by atoms with Gasteiger partial charge in [-0.1, -0.05) is 6.42 Å². The summed E-state index contributed by atoms with van der Waals surface area (Å²) in [6.45, 7) is 0. The Morgan fingerprint density at radius 3 is 2.48 bits per heavy atom. The van der Waals surface area contributed by atoms with Gasteiger partial charge < -0.3 is 10.1 Å². The first-order valence-corrected chi connectivity index (χ1v) is 11.4. The number of amides is 1. The highest BCUT2D eigenvalue weighted by molar-refractivity contribution is 7.88. The number of hydrogen-bond donors (Lipinski definition) is 2. The third-order valence-electron chi connectivity index (χ3n) is 5.06.